The number of hydrogen-bond donors (Lipinski definition) is 1. The summed E-state index contributed by atoms with van der Waals surface area (Å²) in [6.07, 6.45) is 4.70. The predicted molar refractivity (Wildman–Crippen MR) is 63.2 cm³/mol. The molecule has 3 aromatic rings. The van der Waals surface area contributed by atoms with Gasteiger partial charge in [0.15, 0.2) is 5.69 Å². The van der Waals surface area contributed by atoms with Gasteiger partial charge in [0, 0.05) is 18.6 Å². The Hall–Kier alpha value is -2.76. The van der Waals surface area contributed by atoms with Crippen molar-refractivity contribution in [1.29, 1.82) is 0 Å². The van der Waals surface area contributed by atoms with Gasteiger partial charge < -0.3 is 5.11 Å². The summed E-state index contributed by atoms with van der Waals surface area (Å²) >= 11 is 0. The van der Waals surface area contributed by atoms with Crippen molar-refractivity contribution in [2.45, 2.75) is 0 Å². The molecule has 0 bridgehead atoms. The maximum atomic E-state index is 10.9. The Morgan fingerprint density at radius 1 is 1.17 bits per heavy atom. The smallest absolute Gasteiger partial charge is 0.356 e. The molecule has 0 atom stereocenters. The molecule has 0 spiro atoms. The predicted octanol–water partition coefficient (Wildman–Crippen LogP) is 1.49. The lowest BCUT2D eigenvalue weighted by molar-refractivity contribution is 0.0691. The van der Waals surface area contributed by atoms with E-state index < -0.39 is 5.97 Å². The van der Waals surface area contributed by atoms with Crippen molar-refractivity contribution in [3.8, 4) is 11.4 Å². The maximum absolute atomic E-state index is 10.9. The van der Waals surface area contributed by atoms with Crippen LogP contribution in [-0.2, 0) is 0 Å². The number of rotatable bonds is 2. The summed E-state index contributed by atoms with van der Waals surface area (Å²) < 4.78 is 1.62. The highest BCUT2D eigenvalue weighted by Gasteiger charge is 2.12. The van der Waals surface area contributed by atoms with Gasteiger partial charge in [0.1, 0.15) is 0 Å². The van der Waals surface area contributed by atoms with Crippen molar-refractivity contribution in [1.82, 2.24) is 19.4 Å². The average Bonchev–Trinajstić information content (AvgIpc) is 2.83. The number of aromatic nitrogens is 4. The normalized spacial score (nSPS) is 10.7. The molecule has 3 heterocycles. The quantitative estimate of drug-likeness (QED) is 0.734. The van der Waals surface area contributed by atoms with E-state index in [2.05, 4.69) is 15.0 Å². The molecule has 3 aromatic heterocycles. The zero-order chi connectivity index (χ0) is 12.5. The van der Waals surface area contributed by atoms with Crippen LogP contribution >= 0.6 is 0 Å². The van der Waals surface area contributed by atoms with Crippen LogP contribution in [-0.4, -0.2) is 30.4 Å². The number of carboxylic acids is 1. The SMILES string of the molecule is O=C(O)c1cn2c(-c3ccccn3)ccnc2n1. The second-order valence-electron chi connectivity index (χ2n) is 3.65. The largest absolute Gasteiger partial charge is 0.476 e. The van der Waals surface area contributed by atoms with Crippen LogP contribution in [0.25, 0.3) is 17.2 Å². The van der Waals surface area contributed by atoms with Crippen LogP contribution in [0.2, 0.25) is 0 Å². The number of imidazole rings is 1. The van der Waals surface area contributed by atoms with E-state index in [1.165, 1.54) is 6.20 Å². The van der Waals surface area contributed by atoms with E-state index >= 15 is 0 Å². The Morgan fingerprint density at radius 2 is 2.06 bits per heavy atom. The summed E-state index contributed by atoms with van der Waals surface area (Å²) in [4.78, 5) is 23.1. The third-order valence-electron chi connectivity index (χ3n) is 2.52. The standard InChI is InChI=1S/C12H8N4O2/c17-11(18)9-7-16-10(4-6-14-12(16)15-9)8-3-1-2-5-13-8/h1-7H,(H,17,18). The first-order valence-electron chi connectivity index (χ1n) is 5.24. The minimum Gasteiger partial charge on any atom is -0.476 e. The second kappa shape index (κ2) is 3.92. The monoisotopic (exact) mass is 240 g/mol. The van der Waals surface area contributed by atoms with Gasteiger partial charge in [-0.3, -0.25) is 9.38 Å². The van der Waals surface area contributed by atoms with E-state index in [4.69, 9.17) is 5.11 Å². The van der Waals surface area contributed by atoms with Crippen molar-refractivity contribution < 1.29 is 9.90 Å². The van der Waals surface area contributed by atoms with Gasteiger partial charge in [-0.05, 0) is 18.2 Å². The summed E-state index contributed by atoms with van der Waals surface area (Å²) in [6.45, 7) is 0. The molecule has 0 saturated carbocycles. The molecule has 0 saturated heterocycles. The Bertz CT molecular complexity index is 721. The molecule has 0 aromatic carbocycles. The number of aromatic carboxylic acids is 1. The molecule has 0 aliphatic carbocycles. The summed E-state index contributed by atoms with van der Waals surface area (Å²) in [5.41, 5.74) is 1.45. The number of carbonyl (C=O) groups is 1. The first kappa shape index (κ1) is 10.4. The Morgan fingerprint density at radius 3 is 2.78 bits per heavy atom. The summed E-state index contributed by atoms with van der Waals surface area (Å²) in [5, 5.41) is 8.93. The van der Waals surface area contributed by atoms with Crippen LogP contribution in [0, 0.1) is 0 Å². The molecule has 1 N–H and O–H groups in total. The fraction of sp³-hybridized carbons (Fsp3) is 0. The van der Waals surface area contributed by atoms with E-state index in [0.717, 1.165) is 11.4 Å². The van der Waals surface area contributed by atoms with Gasteiger partial charge in [0.25, 0.3) is 0 Å². The lowest BCUT2D eigenvalue weighted by Crippen LogP contribution is -1.95. The Balaban J connectivity index is 2.27. The van der Waals surface area contributed by atoms with Gasteiger partial charge in [0.2, 0.25) is 5.78 Å². The van der Waals surface area contributed by atoms with Crippen LogP contribution in [0.5, 0.6) is 0 Å². The molecular weight excluding hydrogens is 232 g/mol. The molecule has 3 rings (SSSR count). The molecule has 0 unspecified atom stereocenters. The lowest BCUT2D eigenvalue weighted by Gasteiger charge is -2.02. The van der Waals surface area contributed by atoms with E-state index in [0.29, 0.717) is 5.78 Å². The Labute approximate surface area is 102 Å². The number of fused-ring (bicyclic) bond motifs is 1. The number of nitrogens with zero attached hydrogens (tertiary/aromatic N) is 4. The van der Waals surface area contributed by atoms with E-state index in [1.807, 2.05) is 18.2 Å². The summed E-state index contributed by atoms with van der Waals surface area (Å²) in [7, 11) is 0. The molecule has 88 valence electrons. The van der Waals surface area contributed by atoms with Gasteiger partial charge in [-0.15, -0.1) is 0 Å². The maximum Gasteiger partial charge on any atom is 0.356 e. The van der Waals surface area contributed by atoms with Crippen LogP contribution in [0.4, 0.5) is 0 Å². The van der Waals surface area contributed by atoms with Gasteiger partial charge in [0.05, 0.1) is 11.4 Å². The third kappa shape index (κ3) is 1.60. The van der Waals surface area contributed by atoms with Crippen molar-refractivity contribution in [3.05, 3.63) is 48.5 Å². The number of pyridine rings is 1. The molecule has 6 nitrogen and oxygen atoms in total. The van der Waals surface area contributed by atoms with Gasteiger partial charge in [-0.2, -0.15) is 0 Å². The van der Waals surface area contributed by atoms with Crippen LogP contribution in [0.15, 0.2) is 42.9 Å². The zero-order valence-electron chi connectivity index (χ0n) is 9.19. The van der Waals surface area contributed by atoms with Crippen molar-refractivity contribution in [3.63, 3.8) is 0 Å². The average molecular weight is 240 g/mol. The zero-order valence-corrected chi connectivity index (χ0v) is 9.19. The number of hydrogen-bond acceptors (Lipinski definition) is 4. The molecule has 6 heteroatoms. The molecule has 0 amide bonds. The highest BCUT2D eigenvalue weighted by Crippen LogP contribution is 2.17. The lowest BCUT2D eigenvalue weighted by atomic mass is 10.2. The van der Waals surface area contributed by atoms with Crippen molar-refractivity contribution >= 4 is 11.7 Å². The first-order chi connectivity index (χ1) is 8.75. The van der Waals surface area contributed by atoms with Crippen LogP contribution in [0.3, 0.4) is 0 Å². The van der Waals surface area contributed by atoms with Crippen molar-refractivity contribution in [2.75, 3.05) is 0 Å². The second-order valence-corrected chi connectivity index (χ2v) is 3.65. The molecule has 0 aliphatic rings. The minimum atomic E-state index is -1.08. The van der Waals surface area contributed by atoms with Crippen LogP contribution < -0.4 is 0 Å². The van der Waals surface area contributed by atoms with Crippen molar-refractivity contribution in [2.24, 2.45) is 0 Å². The molecule has 0 radical (unpaired) electrons. The van der Waals surface area contributed by atoms with Gasteiger partial charge >= 0.3 is 5.97 Å². The topological polar surface area (TPSA) is 80.4 Å². The van der Waals surface area contributed by atoms with Crippen LogP contribution in [0.1, 0.15) is 10.5 Å². The minimum absolute atomic E-state index is 0.0362. The number of carboxylic acid groups (broad SMARTS) is 1. The molecular formula is C12H8N4O2. The molecule has 18 heavy (non-hydrogen) atoms. The molecule has 0 aliphatic heterocycles. The summed E-state index contributed by atoms with van der Waals surface area (Å²) in [6, 6.07) is 7.29. The van der Waals surface area contributed by atoms with E-state index in [-0.39, 0.29) is 5.69 Å². The van der Waals surface area contributed by atoms with E-state index in [1.54, 1.807) is 22.9 Å². The third-order valence-corrected chi connectivity index (χ3v) is 2.52. The fourth-order valence-electron chi connectivity index (χ4n) is 1.72. The first-order valence-corrected chi connectivity index (χ1v) is 5.24. The molecule has 0 fully saturated rings. The highest BCUT2D eigenvalue weighted by atomic mass is 16.4. The van der Waals surface area contributed by atoms with E-state index in [9.17, 15) is 4.79 Å². The highest BCUT2D eigenvalue weighted by molar-refractivity contribution is 5.86. The Kier molecular flexibility index (Phi) is 2.26. The fourth-order valence-corrected chi connectivity index (χ4v) is 1.72. The summed E-state index contributed by atoms with van der Waals surface area (Å²) in [5.74, 6) is -0.733. The van der Waals surface area contributed by atoms with Gasteiger partial charge in [-0.25, -0.2) is 14.8 Å². The van der Waals surface area contributed by atoms with Gasteiger partial charge in [-0.1, -0.05) is 6.07 Å².